The van der Waals surface area contributed by atoms with Crippen LogP contribution in [0.25, 0.3) is 0 Å². The first-order chi connectivity index (χ1) is 15.7. The first kappa shape index (κ1) is 13.8. The van der Waals surface area contributed by atoms with Crippen molar-refractivity contribution in [1.29, 1.82) is 0 Å². The fourth-order valence-electron chi connectivity index (χ4n) is 4.00. The Morgan fingerprint density at radius 2 is 1.82 bits per heavy atom. The third-order valence-corrected chi connectivity index (χ3v) is 5.57. The van der Waals surface area contributed by atoms with Crippen LogP contribution in [0.4, 0.5) is 0 Å². The number of benzene rings is 2. The highest BCUT2D eigenvalue weighted by molar-refractivity contribution is 6.02. The van der Waals surface area contributed by atoms with Crippen LogP contribution in [-0.4, -0.2) is 38.0 Å². The Morgan fingerprint density at radius 1 is 1.14 bits per heavy atom. The number of nitrogens with zero attached hydrogens (tertiary/aromatic N) is 1. The molecule has 0 aromatic heterocycles. The highest BCUT2D eigenvalue weighted by Crippen LogP contribution is 2.39. The van der Waals surface area contributed by atoms with Gasteiger partial charge in [-0.25, -0.2) is 0 Å². The molecule has 1 aliphatic heterocycles. The first-order valence-electron chi connectivity index (χ1n) is 12.2. The zero-order valence-corrected chi connectivity index (χ0v) is 16.4. The summed E-state index contributed by atoms with van der Waals surface area (Å²) in [5.74, 6) is -2.99. The van der Waals surface area contributed by atoms with Crippen molar-refractivity contribution in [3.05, 3.63) is 59.1 Å². The van der Waals surface area contributed by atoms with Gasteiger partial charge < -0.3 is 9.47 Å². The molecule has 1 atom stereocenters. The molecule has 2 aromatic rings. The normalized spacial score (nSPS) is 27.2. The number of likely N-dealkylation sites (tertiary alicyclic amines) is 1. The molecule has 2 aromatic carbocycles. The van der Waals surface area contributed by atoms with E-state index in [9.17, 15) is 4.79 Å². The molecule has 28 heavy (non-hydrogen) atoms. The van der Waals surface area contributed by atoms with Gasteiger partial charge in [0.25, 0.3) is 0 Å². The minimum atomic E-state index is -2.41. The molecule has 4 nitrogen and oxygen atoms in total. The molecule has 1 aliphatic carbocycles. The number of methoxy groups -OCH3 is 2. The van der Waals surface area contributed by atoms with E-state index in [1.54, 1.807) is 0 Å². The predicted octanol–water partition coefficient (Wildman–Crippen LogP) is 4.36. The van der Waals surface area contributed by atoms with Crippen LogP contribution in [-0.2, 0) is 12.9 Å². The Morgan fingerprint density at radius 3 is 2.50 bits per heavy atom. The number of rotatable bonds is 6. The van der Waals surface area contributed by atoms with E-state index in [4.69, 9.17) is 16.3 Å². The lowest BCUT2D eigenvalue weighted by Gasteiger charge is -2.32. The topological polar surface area (TPSA) is 38.8 Å². The van der Waals surface area contributed by atoms with E-state index in [0.29, 0.717) is 0 Å². The van der Waals surface area contributed by atoms with Crippen LogP contribution < -0.4 is 9.47 Å². The Balaban J connectivity index is 1.57. The highest BCUT2D eigenvalue weighted by atomic mass is 16.5. The lowest BCUT2D eigenvalue weighted by molar-refractivity contribution is 0.0895. The summed E-state index contributed by atoms with van der Waals surface area (Å²) in [6, 6.07) is 9.56. The quantitative estimate of drug-likeness (QED) is 0.742. The number of carbonyl (C=O) groups is 1. The van der Waals surface area contributed by atoms with Crippen LogP contribution in [0.5, 0.6) is 11.5 Å². The SMILES string of the molecule is [2H]c1c(OC)c(OC)c([2H])c2c1C(=O)C([2H])(CC1CCN(Cc3ccccc3)CC1)C2([2H])[2H]. The van der Waals surface area contributed by atoms with Crippen molar-refractivity contribution in [2.24, 2.45) is 11.8 Å². The first-order valence-corrected chi connectivity index (χ1v) is 9.72. The van der Waals surface area contributed by atoms with Crippen LogP contribution in [0.3, 0.4) is 0 Å². The summed E-state index contributed by atoms with van der Waals surface area (Å²) in [6.07, 6.45) is -0.828. The number of piperidine rings is 1. The van der Waals surface area contributed by atoms with Crippen LogP contribution in [0.15, 0.2) is 42.4 Å². The third-order valence-electron chi connectivity index (χ3n) is 5.57. The average Bonchev–Trinajstić information content (AvgIpc) is 2.95. The van der Waals surface area contributed by atoms with Gasteiger partial charge in [0.2, 0.25) is 0 Å². The van der Waals surface area contributed by atoms with Gasteiger partial charge in [0.15, 0.2) is 17.3 Å². The molecule has 1 fully saturated rings. The number of Topliss-reactive ketones (excluding diaryl/α,β-unsaturated/α-hetero) is 1. The molecule has 0 saturated carbocycles. The molecule has 0 spiro atoms. The van der Waals surface area contributed by atoms with E-state index in [-0.39, 0.29) is 47.0 Å². The van der Waals surface area contributed by atoms with E-state index in [0.717, 1.165) is 32.5 Å². The van der Waals surface area contributed by atoms with Gasteiger partial charge in [-0.1, -0.05) is 30.3 Å². The lowest BCUT2D eigenvalue weighted by Crippen LogP contribution is -2.34. The van der Waals surface area contributed by atoms with Crippen molar-refractivity contribution < 1.29 is 21.1 Å². The summed E-state index contributed by atoms with van der Waals surface area (Å²) in [7, 11) is 2.62. The van der Waals surface area contributed by atoms with Crippen LogP contribution in [0.1, 0.15) is 47.6 Å². The standard InChI is InChI=1S/C24H29NO3/c1-27-22-14-19-13-20(24(26)21(19)15-23(22)28-2)12-17-8-10-25(11-9-17)16-18-6-4-3-5-7-18/h3-7,14-15,17,20H,8-13,16H2,1-2H3/i13D2,14D,15D,20D. The molecular weight excluding hydrogens is 350 g/mol. The summed E-state index contributed by atoms with van der Waals surface area (Å²) in [5.41, 5.74) is 0.783. The second-order valence-electron chi connectivity index (χ2n) is 7.41. The van der Waals surface area contributed by atoms with Crippen molar-refractivity contribution in [2.75, 3.05) is 27.3 Å². The summed E-state index contributed by atoms with van der Waals surface area (Å²) in [6.45, 7) is 2.47. The predicted molar refractivity (Wildman–Crippen MR) is 110 cm³/mol. The van der Waals surface area contributed by atoms with Crippen LogP contribution >= 0.6 is 0 Å². The van der Waals surface area contributed by atoms with Gasteiger partial charge in [-0.05, 0) is 67.9 Å². The summed E-state index contributed by atoms with van der Waals surface area (Å²) in [5, 5.41) is 0. The van der Waals surface area contributed by atoms with Gasteiger partial charge in [0.1, 0.15) is 0 Å². The van der Waals surface area contributed by atoms with Crippen LogP contribution in [0.2, 0.25) is 0 Å². The number of ketones is 1. The molecule has 0 bridgehead atoms. The molecule has 2 aliphatic rings. The monoisotopic (exact) mass is 384 g/mol. The summed E-state index contributed by atoms with van der Waals surface area (Å²) < 4.78 is 53.8. The number of ether oxygens (including phenoxy) is 2. The Labute approximate surface area is 174 Å². The number of fused-ring (bicyclic) bond motifs is 1. The lowest BCUT2D eigenvalue weighted by atomic mass is 9.85. The average molecular weight is 385 g/mol. The molecule has 1 unspecified atom stereocenters. The molecule has 0 N–H and O–H groups in total. The fraction of sp³-hybridized carbons (Fsp3) is 0.458. The second kappa shape index (κ2) is 8.36. The molecule has 4 rings (SSSR count). The van der Waals surface area contributed by atoms with Gasteiger partial charge >= 0.3 is 0 Å². The molecule has 0 amide bonds. The Kier molecular flexibility index (Phi) is 4.11. The van der Waals surface area contributed by atoms with E-state index in [2.05, 4.69) is 17.0 Å². The summed E-state index contributed by atoms with van der Waals surface area (Å²) >= 11 is 0. The fourth-order valence-corrected chi connectivity index (χ4v) is 4.00. The zero-order chi connectivity index (χ0) is 24.0. The largest absolute Gasteiger partial charge is 0.493 e. The van der Waals surface area contributed by atoms with Crippen molar-refractivity contribution in [1.82, 2.24) is 4.90 Å². The molecule has 4 heteroatoms. The number of hydrogen-bond donors (Lipinski definition) is 0. The van der Waals surface area contributed by atoms with E-state index < -0.39 is 18.1 Å². The smallest absolute Gasteiger partial charge is 0.166 e. The second-order valence-corrected chi connectivity index (χ2v) is 7.41. The maximum atomic E-state index is 13.4. The minimum Gasteiger partial charge on any atom is -0.493 e. The van der Waals surface area contributed by atoms with Crippen molar-refractivity contribution in [3.8, 4) is 11.5 Å². The number of hydrogen-bond acceptors (Lipinski definition) is 4. The van der Waals surface area contributed by atoms with E-state index in [1.807, 2.05) is 18.2 Å². The molecular formula is C24H29NO3. The molecule has 148 valence electrons. The molecule has 1 saturated heterocycles. The van der Waals surface area contributed by atoms with Crippen molar-refractivity contribution >= 4 is 5.78 Å². The van der Waals surface area contributed by atoms with Crippen molar-refractivity contribution in [3.63, 3.8) is 0 Å². The van der Waals surface area contributed by atoms with Gasteiger partial charge in [-0.2, -0.15) is 0 Å². The minimum absolute atomic E-state index is 0.00928. The third kappa shape index (κ3) is 3.93. The number of carbonyl (C=O) groups excluding carboxylic acids is 1. The van der Waals surface area contributed by atoms with Crippen LogP contribution in [0, 0.1) is 11.8 Å². The highest BCUT2D eigenvalue weighted by Gasteiger charge is 2.34. The molecule has 0 radical (unpaired) electrons. The summed E-state index contributed by atoms with van der Waals surface area (Å²) in [4.78, 5) is 15.8. The van der Waals surface area contributed by atoms with Crippen molar-refractivity contribution in [2.45, 2.75) is 32.2 Å². The maximum absolute atomic E-state index is 13.4. The van der Waals surface area contributed by atoms with Gasteiger partial charge in [-0.15, -0.1) is 0 Å². The maximum Gasteiger partial charge on any atom is 0.166 e. The molecule has 1 heterocycles. The van der Waals surface area contributed by atoms with E-state index >= 15 is 0 Å². The van der Waals surface area contributed by atoms with Gasteiger partial charge in [0, 0.05) is 22.1 Å². The van der Waals surface area contributed by atoms with Gasteiger partial charge in [-0.3, -0.25) is 9.69 Å². The zero-order valence-electron chi connectivity index (χ0n) is 21.4. The van der Waals surface area contributed by atoms with Gasteiger partial charge in [0.05, 0.1) is 17.0 Å². The van der Waals surface area contributed by atoms with E-state index in [1.165, 1.54) is 19.8 Å². The Hall–Kier alpha value is -2.33. The Bertz CT molecular complexity index is 1050.